The molecule has 0 spiro atoms. The van der Waals surface area contributed by atoms with E-state index in [-0.39, 0.29) is 5.82 Å². The summed E-state index contributed by atoms with van der Waals surface area (Å²) in [7, 11) is 0. The summed E-state index contributed by atoms with van der Waals surface area (Å²) < 4.78 is 18.9. The number of rotatable bonds is 3. The van der Waals surface area contributed by atoms with Gasteiger partial charge in [0.15, 0.2) is 11.6 Å². The predicted octanol–water partition coefficient (Wildman–Crippen LogP) is 2.02. The van der Waals surface area contributed by atoms with E-state index in [1.807, 2.05) is 13.0 Å². The molecule has 1 aliphatic rings. The lowest BCUT2D eigenvalue weighted by atomic mass is 10.2. The number of hydrogen-bond acceptors (Lipinski definition) is 3. The second kappa shape index (κ2) is 5.87. The van der Waals surface area contributed by atoms with Crippen molar-refractivity contribution >= 4 is 5.69 Å². The van der Waals surface area contributed by atoms with E-state index in [1.54, 1.807) is 12.1 Å². The van der Waals surface area contributed by atoms with Crippen molar-refractivity contribution in [1.29, 1.82) is 0 Å². The fourth-order valence-electron chi connectivity index (χ4n) is 2.06. The van der Waals surface area contributed by atoms with E-state index in [9.17, 15) is 4.39 Å². The SMILES string of the molecule is CCOc1ccc(N2CCCNCC2)cc1F. The molecule has 0 bridgehead atoms. The first-order chi connectivity index (χ1) is 8.31. The molecule has 2 rings (SSSR count). The van der Waals surface area contributed by atoms with Crippen LogP contribution in [0.15, 0.2) is 18.2 Å². The topological polar surface area (TPSA) is 24.5 Å². The third-order valence-corrected chi connectivity index (χ3v) is 2.92. The quantitative estimate of drug-likeness (QED) is 0.872. The molecule has 1 aromatic rings. The van der Waals surface area contributed by atoms with Crippen LogP contribution in [-0.2, 0) is 0 Å². The molecule has 4 heteroatoms. The summed E-state index contributed by atoms with van der Waals surface area (Å²) in [6, 6.07) is 5.21. The van der Waals surface area contributed by atoms with Crippen LogP contribution < -0.4 is 15.0 Å². The Morgan fingerprint density at radius 1 is 1.35 bits per heavy atom. The maximum absolute atomic E-state index is 13.7. The number of ether oxygens (including phenoxy) is 1. The van der Waals surface area contributed by atoms with Gasteiger partial charge in [-0.15, -0.1) is 0 Å². The van der Waals surface area contributed by atoms with Crippen molar-refractivity contribution in [2.45, 2.75) is 13.3 Å². The first-order valence-corrected chi connectivity index (χ1v) is 6.19. The Balaban J connectivity index is 2.12. The van der Waals surface area contributed by atoms with Gasteiger partial charge in [-0.3, -0.25) is 0 Å². The highest BCUT2D eigenvalue weighted by Gasteiger charge is 2.12. The smallest absolute Gasteiger partial charge is 0.167 e. The summed E-state index contributed by atoms with van der Waals surface area (Å²) in [6.07, 6.45) is 1.09. The zero-order valence-corrected chi connectivity index (χ0v) is 10.2. The summed E-state index contributed by atoms with van der Waals surface area (Å²) >= 11 is 0. The molecule has 0 saturated carbocycles. The fraction of sp³-hybridized carbons (Fsp3) is 0.538. The van der Waals surface area contributed by atoms with Gasteiger partial charge in [-0.25, -0.2) is 4.39 Å². The number of anilines is 1. The normalized spacial score (nSPS) is 16.7. The van der Waals surface area contributed by atoms with Crippen LogP contribution >= 0.6 is 0 Å². The Kier molecular flexibility index (Phi) is 4.20. The van der Waals surface area contributed by atoms with Gasteiger partial charge >= 0.3 is 0 Å². The van der Waals surface area contributed by atoms with Gasteiger partial charge in [0.2, 0.25) is 0 Å². The monoisotopic (exact) mass is 238 g/mol. The summed E-state index contributed by atoms with van der Waals surface area (Å²) in [5.41, 5.74) is 0.939. The lowest BCUT2D eigenvalue weighted by Gasteiger charge is -2.22. The van der Waals surface area contributed by atoms with Crippen molar-refractivity contribution in [3.05, 3.63) is 24.0 Å². The fourth-order valence-corrected chi connectivity index (χ4v) is 2.06. The molecule has 0 unspecified atom stereocenters. The molecule has 1 heterocycles. The molecule has 1 aromatic carbocycles. The van der Waals surface area contributed by atoms with Crippen LogP contribution in [-0.4, -0.2) is 32.8 Å². The molecule has 0 atom stereocenters. The molecular formula is C13H19FN2O. The van der Waals surface area contributed by atoms with Crippen molar-refractivity contribution in [3.8, 4) is 5.75 Å². The molecule has 0 aromatic heterocycles. The van der Waals surface area contributed by atoms with Crippen molar-refractivity contribution in [1.82, 2.24) is 5.32 Å². The number of nitrogens with one attached hydrogen (secondary N) is 1. The van der Waals surface area contributed by atoms with Crippen LogP contribution in [0.5, 0.6) is 5.75 Å². The zero-order chi connectivity index (χ0) is 12.1. The van der Waals surface area contributed by atoms with E-state index in [0.717, 1.165) is 38.3 Å². The standard InChI is InChI=1S/C13H19FN2O/c1-2-17-13-5-4-11(10-12(13)14)16-8-3-6-15-7-9-16/h4-5,10,15H,2-3,6-9H2,1H3. The number of nitrogens with zero attached hydrogens (tertiary/aromatic N) is 1. The average molecular weight is 238 g/mol. The molecule has 0 aliphatic carbocycles. The van der Waals surface area contributed by atoms with Crippen molar-refractivity contribution in [3.63, 3.8) is 0 Å². The van der Waals surface area contributed by atoms with E-state index < -0.39 is 0 Å². The predicted molar refractivity (Wildman–Crippen MR) is 67.3 cm³/mol. The van der Waals surface area contributed by atoms with Gasteiger partial charge in [0.1, 0.15) is 0 Å². The molecule has 0 amide bonds. The first kappa shape index (κ1) is 12.2. The average Bonchev–Trinajstić information content (AvgIpc) is 2.60. The highest BCUT2D eigenvalue weighted by Crippen LogP contribution is 2.24. The van der Waals surface area contributed by atoms with Gasteiger partial charge in [-0.1, -0.05) is 0 Å². The summed E-state index contributed by atoms with van der Waals surface area (Å²) in [4.78, 5) is 2.21. The Labute approximate surface area is 102 Å². The molecule has 94 valence electrons. The van der Waals surface area contributed by atoms with E-state index >= 15 is 0 Å². The molecule has 1 fully saturated rings. The first-order valence-electron chi connectivity index (χ1n) is 6.19. The Morgan fingerprint density at radius 3 is 3.00 bits per heavy atom. The number of benzene rings is 1. The molecule has 0 radical (unpaired) electrons. The second-order valence-corrected chi connectivity index (χ2v) is 4.14. The molecule has 1 N–H and O–H groups in total. The van der Waals surface area contributed by atoms with Crippen LogP contribution in [0.4, 0.5) is 10.1 Å². The maximum atomic E-state index is 13.7. The number of halogens is 1. The maximum Gasteiger partial charge on any atom is 0.167 e. The lowest BCUT2D eigenvalue weighted by molar-refractivity contribution is 0.321. The molecular weight excluding hydrogens is 219 g/mol. The molecule has 17 heavy (non-hydrogen) atoms. The summed E-state index contributed by atoms with van der Waals surface area (Å²) in [5.74, 6) is 0.0609. The Hall–Kier alpha value is -1.29. The van der Waals surface area contributed by atoms with Crippen LogP contribution in [0.1, 0.15) is 13.3 Å². The van der Waals surface area contributed by atoms with Gasteiger partial charge < -0.3 is 15.0 Å². The van der Waals surface area contributed by atoms with Crippen molar-refractivity contribution < 1.29 is 9.13 Å². The second-order valence-electron chi connectivity index (χ2n) is 4.14. The summed E-state index contributed by atoms with van der Waals surface area (Å²) in [6.45, 7) is 6.23. The summed E-state index contributed by atoms with van der Waals surface area (Å²) in [5, 5.41) is 3.33. The minimum absolute atomic E-state index is 0.276. The molecule has 1 saturated heterocycles. The van der Waals surface area contributed by atoms with Crippen LogP contribution in [0.2, 0.25) is 0 Å². The van der Waals surface area contributed by atoms with E-state index in [0.29, 0.717) is 12.4 Å². The lowest BCUT2D eigenvalue weighted by Crippen LogP contribution is -2.27. The van der Waals surface area contributed by atoms with Gasteiger partial charge in [0, 0.05) is 31.4 Å². The largest absolute Gasteiger partial charge is 0.491 e. The number of hydrogen-bond donors (Lipinski definition) is 1. The van der Waals surface area contributed by atoms with E-state index in [2.05, 4.69) is 10.2 Å². The van der Waals surface area contributed by atoms with Gasteiger partial charge in [0.05, 0.1) is 6.61 Å². The van der Waals surface area contributed by atoms with Gasteiger partial charge in [0.25, 0.3) is 0 Å². The third kappa shape index (κ3) is 3.09. The van der Waals surface area contributed by atoms with Crippen LogP contribution in [0, 0.1) is 5.82 Å². The molecule has 3 nitrogen and oxygen atoms in total. The zero-order valence-electron chi connectivity index (χ0n) is 10.2. The third-order valence-electron chi connectivity index (χ3n) is 2.92. The van der Waals surface area contributed by atoms with E-state index in [1.165, 1.54) is 0 Å². The van der Waals surface area contributed by atoms with Crippen LogP contribution in [0.25, 0.3) is 0 Å². The van der Waals surface area contributed by atoms with Crippen LogP contribution in [0.3, 0.4) is 0 Å². The van der Waals surface area contributed by atoms with Gasteiger partial charge in [-0.05, 0) is 32.0 Å². The Bertz CT molecular complexity index is 362. The van der Waals surface area contributed by atoms with Crippen molar-refractivity contribution in [2.24, 2.45) is 0 Å². The van der Waals surface area contributed by atoms with Crippen molar-refractivity contribution in [2.75, 3.05) is 37.7 Å². The highest BCUT2D eigenvalue weighted by atomic mass is 19.1. The van der Waals surface area contributed by atoms with Gasteiger partial charge in [-0.2, -0.15) is 0 Å². The minimum atomic E-state index is -0.276. The highest BCUT2D eigenvalue weighted by molar-refractivity contribution is 5.50. The minimum Gasteiger partial charge on any atom is -0.491 e. The van der Waals surface area contributed by atoms with E-state index in [4.69, 9.17) is 4.74 Å². The Morgan fingerprint density at radius 2 is 2.24 bits per heavy atom. The molecule has 1 aliphatic heterocycles.